The first-order valence-electron chi connectivity index (χ1n) is 9.14. The number of hydrogen-bond acceptors (Lipinski definition) is 3. The van der Waals surface area contributed by atoms with Gasteiger partial charge in [-0.05, 0) is 37.4 Å². The largest absolute Gasteiger partial charge is 0.546 e. The van der Waals surface area contributed by atoms with Gasteiger partial charge in [0.25, 0.3) is 0 Å². The number of ketones is 1. The van der Waals surface area contributed by atoms with Gasteiger partial charge in [0, 0.05) is 24.8 Å². The summed E-state index contributed by atoms with van der Waals surface area (Å²) in [6.45, 7) is 6.62. The molecule has 1 N–H and O–H groups in total. The summed E-state index contributed by atoms with van der Waals surface area (Å²) in [6, 6.07) is 3.29. The maximum atomic E-state index is 12.1. The minimum atomic E-state index is -1.70. The van der Waals surface area contributed by atoms with E-state index in [-0.39, 0.29) is 12.2 Å². The molecule has 4 nitrogen and oxygen atoms in total. The Bertz CT molecular complexity index is 430. The van der Waals surface area contributed by atoms with E-state index in [0.29, 0.717) is 6.42 Å². The highest BCUT2D eigenvalue weighted by molar-refractivity contribution is 6.73. The molecule has 1 aliphatic rings. The van der Waals surface area contributed by atoms with Crippen LogP contribution in [0.4, 0.5) is 0 Å². The van der Waals surface area contributed by atoms with Gasteiger partial charge < -0.3 is 9.53 Å². The normalized spacial score (nSPS) is 15.3. The van der Waals surface area contributed by atoms with Crippen molar-refractivity contribution in [3.05, 3.63) is 11.3 Å². The van der Waals surface area contributed by atoms with Crippen LogP contribution in [-0.2, 0) is 14.0 Å². The van der Waals surface area contributed by atoms with Gasteiger partial charge in [-0.2, -0.15) is 0 Å². The highest BCUT2D eigenvalue weighted by Crippen LogP contribution is 2.34. The molecule has 0 unspecified atom stereocenters. The zero-order valence-corrected chi connectivity index (χ0v) is 16.0. The fourth-order valence-electron chi connectivity index (χ4n) is 3.24. The number of Topliss-reactive ketones (excluding diaryl/α,β-unsaturated/α-hetero) is 1. The van der Waals surface area contributed by atoms with E-state index < -0.39 is 14.3 Å². The first-order chi connectivity index (χ1) is 11.0. The van der Waals surface area contributed by atoms with E-state index in [1.165, 1.54) is 0 Å². The lowest BCUT2D eigenvalue weighted by atomic mass is 10.0. The minimum Gasteiger partial charge on any atom is -0.546 e. The number of aliphatic carboxylic acids is 1. The molecule has 5 heteroatoms. The molecule has 0 atom stereocenters. The van der Waals surface area contributed by atoms with E-state index in [4.69, 9.17) is 9.53 Å². The maximum absolute atomic E-state index is 12.1. The van der Waals surface area contributed by atoms with Crippen molar-refractivity contribution in [1.82, 2.24) is 0 Å². The molecule has 0 spiro atoms. The molecule has 0 fully saturated rings. The molecular weight excluding hydrogens is 308 g/mol. The van der Waals surface area contributed by atoms with Crippen LogP contribution < -0.4 is 0 Å². The van der Waals surface area contributed by atoms with Crippen molar-refractivity contribution in [1.29, 1.82) is 0 Å². The van der Waals surface area contributed by atoms with Crippen LogP contribution in [0, 0.1) is 0 Å². The van der Waals surface area contributed by atoms with Crippen LogP contribution in [0.25, 0.3) is 0 Å². The highest BCUT2D eigenvalue weighted by atomic mass is 28.4. The number of carbonyl (C=O) groups excluding carboxylic acids is 1. The zero-order valence-electron chi connectivity index (χ0n) is 15.0. The highest BCUT2D eigenvalue weighted by Gasteiger charge is 2.34. The van der Waals surface area contributed by atoms with Gasteiger partial charge >= 0.3 is 5.97 Å². The second-order valence-corrected chi connectivity index (χ2v) is 11.2. The molecule has 23 heavy (non-hydrogen) atoms. The molecule has 0 aliphatic heterocycles. The third kappa shape index (κ3) is 6.13. The minimum absolute atomic E-state index is 0.244. The van der Waals surface area contributed by atoms with Crippen molar-refractivity contribution in [2.75, 3.05) is 0 Å². The fraction of sp³-hybridized carbons (Fsp3) is 0.778. The summed E-state index contributed by atoms with van der Waals surface area (Å²) in [5, 5.41) is 8.63. The number of unbranched alkanes of at least 4 members (excludes halogenated alkanes) is 3. The van der Waals surface area contributed by atoms with Gasteiger partial charge in [-0.15, -0.1) is 0 Å². The Kier molecular flexibility index (Phi) is 8.59. The van der Waals surface area contributed by atoms with E-state index in [1.54, 1.807) is 0 Å². The van der Waals surface area contributed by atoms with Crippen molar-refractivity contribution >= 4 is 20.1 Å². The van der Waals surface area contributed by atoms with Crippen LogP contribution >= 0.6 is 0 Å². The van der Waals surface area contributed by atoms with Gasteiger partial charge in [0.15, 0.2) is 5.78 Å². The van der Waals surface area contributed by atoms with Gasteiger partial charge in [-0.25, -0.2) is 0 Å². The van der Waals surface area contributed by atoms with E-state index in [9.17, 15) is 9.59 Å². The predicted octanol–water partition coefficient (Wildman–Crippen LogP) is 5.05. The lowest BCUT2D eigenvalue weighted by molar-refractivity contribution is -0.137. The van der Waals surface area contributed by atoms with E-state index >= 15 is 0 Å². The summed E-state index contributed by atoms with van der Waals surface area (Å²) < 4.78 is 6.46. The molecule has 132 valence electrons. The van der Waals surface area contributed by atoms with Crippen LogP contribution in [-0.4, -0.2) is 25.2 Å². The number of allylic oxidation sites excluding steroid dienone is 2. The Labute approximate surface area is 141 Å². The lowest BCUT2D eigenvalue weighted by Gasteiger charge is -2.30. The van der Waals surface area contributed by atoms with Crippen molar-refractivity contribution in [3.8, 4) is 0 Å². The second kappa shape index (κ2) is 9.91. The summed E-state index contributed by atoms with van der Waals surface area (Å²) in [5.74, 6) is 0.517. The molecule has 0 radical (unpaired) electrons. The van der Waals surface area contributed by atoms with Gasteiger partial charge in [0.2, 0.25) is 8.32 Å². The Morgan fingerprint density at radius 2 is 1.65 bits per heavy atom. The molecular formula is C18H32O4Si. The number of carboxylic acid groups (broad SMARTS) is 1. The number of rotatable bonds is 12. The lowest BCUT2D eigenvalue weighted by Crippen LogP contribution is -2.35. The molecule has 0 heterocycles. The second-order valence-electron chi connectivity index (χ2n) is 6.48. The van der Waals surface area contributed by atoms with E-state index in [2.05, 4.69) is 20.8 Å². The SMILES string of the molecule is CC[Si](CC)(CC)OC1=C(CCCCCCC(=O)O)C(=O)CC1. The number of carboxylic acids is 1. The van der Waals surface area contributed by atoms with Gasteiger partial charge in [-0.1, -0.05) is 33.6 Å². The van der Waals surface area contributed by atoms with Gasteiger partial charge in [0.05, 0.1) is 5.76 Å². The Hall–Kier alpha value is -1.10. The monoisotopic (exact) mass is 340 g/mol. The summed E-state index contributed by atoms with van der Waals surface area (Å²) >= 11 is 0. The number of carbonyl (C=O) groups is 2. The maximum Gasteiger partial charge on any atom is 0.303 e. The molecule has 0 saturated heterocycles. The van der Waals surface area contributed by atoms with Gasteiger partial charge in [0.1, 0.15) is 0 Å². The van der Waals surface area contributed by atoms with Crippen LogP contribution in [0.5, 0.6) is 0 Å². The predicted molar refractivity (Wildman–Crippen MR) is 94.9 cm³/mol. The molecule has 0 aromatic carbocycles. The Balaban J connectivity index is 2.54. The summed E-state index contributed by atoms with van der Waals surface area (Å²) in [4.78, 5) is 22.6. The van der Waals surface area contributed by atoms with E-state index in [0.717, 1.165) is 68.0 Å². The molecule has 0 aromatic rings. The van der Waals surface area contributed by atoms with Crippen LogP contribution in [0.15, 0.2) is 11.3 Å². The zero-order chi connectivity index (χ0) is 17.3. The van der Waals surface area contributed by atoms with Gasteiger partial charge in [-0.3, -0.25) is 9.59 Å². The third-order valence-electron chi connectivity index (χ3n) is 5.09. The van der Waals surface area contributed by atoms with Crippen LogP contribution in [0.1, 0.15) is 72.1 Å². The molecule has 1 rings (SSSR count). The topological polar surface area (TPSA) is 63.6 Å². The Morgan fingerprint density at radius 3 is 2.22 bits per heavy atom. The van der Waals surface area contributed by atoms with Crippen molar-refractivity contribution in [2.45, 2.75) is 90.3 Å². The summed E-state index contributed by atoms with van der Waals surface area (Å²) in [6.07, 6.45) is 6.00. The molecule has 1 aliphatic carbocycles. The number of hydrogen-bond donors (Lipinski definition) is 1. The van der Waals surface area contributed by atoms with Crippen molar-refractivity contribution in [3.63, 3.8) is 0 Å². The first-order valence-corrected chi connectivity index (χ1v) is 11.7. The molecule has 0 bridgehead atoms. The Morgan fingerprint density at radius 1 is 1.04 bits per heavy atom. The third-order valence-corrected chi connectivity index (χ3v) is 9.64. The average Bonchev–Trinajstić information content (AvgIpc) is 2.88. The quantitative estimate of drug-likeness (QED) is 0.399. The molecule has 0 saturated carbocycles. The molecule has 0 aromatic heterocycles. The van der Waals surface area contributed by atoms with E-state index in [1.807, 2.05) is 0 Å². The van der Waals surface area contributed by atoms with Crippen molar-refractivity contribution in [2.24, 2.45) is 0 Å². The summed E-state index contributed by atoms with van der Waals surface area (Å²) in [5.41, 5.74) is 0.926. The standard InChI is InChI=1S/C18H32O4Si/c1-4-23(5-2,6-3)22-17-14-13-16(19)15(17)11-9-7-8-10-12-18(20)21/h4-14H2,1-3H3,(H,20,21). The summed E-state index contributed by atoms with van der Waals surface area (Å²) in [7, 11) is -1.70. The molecule has 0 amide bonds. The first kappa shape index (κ1) is 19.9. The fourth-order valence-corrected chi connectivity index (χ4v) is 5.92. The average molecular weight is 341 g/mol. The smallest absolute Gasteiger partial charge is 0.303 e. The van der Waals surface area contributed by atoms with Crippen LogP contribution in [0.3, 0.4) is 0 Å². The van der Waals surface area contributed by atoms with Crippen molar-refractivity contribution < 1.29 is 19.1 Å². The van der Waals surface area contributed by atoms with Crippen LogP contribution in [0.2, 0.25) is 18.1 Å².